The summed E-state index contributed by atoms with van der Waals surface area (Å²) in [6.45, 7) is 12.6. The second kappa shape index (κ2) is 21.7. The van der Waals surface area contributed by atoms with E-state index in [2.05, 4.69) is 10.6 Å². The quantitative estimate of drug-likeness (QED) is 0.105. The Morgan fingerprint density at radius 1 is 1.07 bits per heavy atom. The van der Waals surface area contributed by atoms with Gasteiger partial charge in [-0.05, 0) is 42.7 Å². The van der Waals surface area contributed by atoms with Crippen molar-refractivity contribution in [2.75, 3.05) is 25.5 Å². The van der Waals surface area contributed by atoms with Crippen LogP contribution in [0.4, 0.5) is 0 Å². The Morgan fingerprint density at radius 3 is 2.27 bits per heavy atom. The number of carbonyl (C=O) groups excluding carboxylic acids is 3. The summed E-state index contributed by atoms with van der Waals surface area (Å²) in [5.74, 6) is -1.12. The van der Waals surface area contributed by atoms with Crippen molar-refractivity contribution in [3.8, 4) is 5.75 Å². The lowest BCUT2D eigenvalue weighted by atomic mass is 9.75. The average Bonchev–Trinajstić information content (AvgIpc) is 3.51. The number of nitrogens with one attached hydrogen (secondary N) is 2. The Kier molecular flexibility index (Phi) is 20.7. The van der Waals surface area contributed by atoms with Gasteiger partial charge in [0.05, 0.1) is 18.8 Å². The first-order valence-electron chi connectivity index (χ1n) is 14.6. The molecule has 41 heavy (non-hydrogen) atoms. The molecule has 11 heteroatoms. The van der Waals surface area contributed by atoms with Gasteiger partial charge in [-0.3, -0.25) is 9.59 Å². The number of hydrogen-bond donors (Lipinski definition) is 5. The van der Waals surface area contributed by atoms with Crippen molar-refractivity contribution in [3.05, 3.63) is 29.8 Å². The molecule has 1 fully saturated rings. The van der Waals surface area contributed by atoms with Crippen LogP contribution in [0.3, 0.4) is 0 Å². The molecule has 1 aliphatic rings. The van der Waals surface area contributed by atoms with Gasteiger partial charge in [0.25, 0.3) is 5.91 Å². The molecule has 1 aliphatic heterocycles. The number of rotatable bonds is 15. The van der Waals surface area contributed by atoms with Crippen LogP contribution in [0.1, 0.15) is 90.9 Å². The number of aliphatic hydroxyl groups excluding tert-OH is 2. The number of carbonyl (C=O) groups is 3. The number of unbranched alkanes of at least 4 members (excludes halogenated alkanes) is 1. The Labute approximate surface area is 254 Å². The lowest BCUT2D eigenvalue weighted by molar-refractivity contribution is -0.158. The van der Waals surface area contributed by atoms with Crippen LogP contribution in [0.15, 0.2) is 24.3 Å². The summed E-state index contributed by atoms with van der Waals surface area (Å²) in [6.07, 6.45) is 3.48. The number of aliphatic hydroxyl groups is 2. The molecule has 1 saturated heterocycles. The zero-order chi connectivity index (χ0) is 31.4. The summed E-state index contributed by atoms with van der Waals surface area (Å²) in [4.78, 5) is 38.4. The highest BCUT2D eigenvalue weighted by Gasteiger charge is 2.39. The third-order valence-corrected chi connectivity index (χ3v) is 9.77. The molecule has 9 nitrogen and oxygen atoms in total. The van der Waals surface area contributed by atoms with E-state index >= 15 is 0 Å². The first-order valence-corrected chi connectivity index (χ1v) is 17.0. The third kappa shape index (κ3) is 14.2. The SMILES string of the molecule is CC.CC.CC(C(NC(=O)c1ccccc1O)C(=O)OC(CO)CO)C(C)(C)CNC(=O)CCCCC1CCSS1. The number of para-hydroxylation sites is 1. The van der Waals surface area contributed by atoms with Gasteiger partial charge in [-0.15, -0.1) is 0 Å². The highest BCUT2D eigenvalue weighted by molar-refractivity contribution is 8.77. The summed E-state index contributed by atoms with van der Waals surface area (Å²) < 4.78 is 5.22. The Morgan fingerprint density at radius 2 is 1.71 bits per heavy atom. The van der Waals surface area contributed by atoms with Crippen molar-refractivity contribution in [1.29, 1.82) is 0 Å². The molecule has 1 heterocycles. The zero-order valence-corrected chi connectivity index (χ0v) is 27.4. The van der Waals surface area contributed by atoms with E-state index in [9.17, 15) is 29.7 Å². The average molecular weight is 617 g/mol. The second-order valence-corrected chi connectivity index (χ2v) is 12.8. The van der Waals surface area contributed by atoms with Crippen LogP contribution in [0.2, 0.25) is 0 Å². The molecule has 0 aliphatic carbocycles. The van der Waals surface area contributed by atoms with Crippen LogP contribution in [-0.4, -0.2) is 76.0 Å². The van der Waals surface area contributed by atoms with Gasteiger partial charge in [-0.1, -0.05) is 88.6 Å². The highest BCUT2D eigenvalue weighted by atomic mass is 33.1. The monoisotopic (exact) mass is 616 g/mol. The third-order valence-electron chi connectivity index (χ3n) is 6.76. The molecule has 3 atom stereocenters. The van der Waals surface area contributed by atoms with Crippen molar-refractivity contribution in [1.82, 2.24) is 10.6 Å². The van der Waals surface area contributed by atoms with E-state index in [-0.39, 0.29) is 23.8 Å². The minimum atomic E-state index is -1.17. The largest absolute Gasteiger partial charge is 0.507 e. The maximum absolute atomic E-state index is 13.0. The Balaban J connectivity index is 0.00000382. The number of phenols is 1. The number of hydrogen-bond acceptors (Lipinski definition) is 9. The number of phenolic OH excluding ortho intramolecular Hbond substituents is 1. The lowest BCUT2D eigenvalue weighted by Crippen LogP contribution is -2.53. The number of amides is 2. The molecule has 3 unspecified atom stereocenters. The van der Waals surface area contributed by atoms with Gasteiger partial charge in [-0.25, -0.2) is 4.79 Å². The molecule has 236 valence electrons. The van der Waals surface area contributed by atoms with Gasteiger partial charge in [0.2, 0.25) is 5.91 Å². The molecule has 1 aromatic rings. The molecule has 0 spiro atoms. The first kappa shape index (κ1) is 39.0. The molecular weight excluding hydrogens is 564 g/mol. The van der Waals surface area contributed by atoms with Crippen molar-refractivity contribution in [2.45, 2.75) is 98.0 Å². The van der Waals surface area contributed by atoms with E-state index in [4.69, 9.17) is 4.74 Å². The van der Waals surface area contributed by atoms with Gasteiger partial charge in [0.1, 0.15) is 17.9 Å². The normalized spacial score (nSPS) is 15.9. The van der Waals surface area contributed by atoms with Crippen LogP contribution in [0.5, 0.6) is 5.75 Å². The van der Waals surface area contributed by atoms with Crippen molar-refractivity contribution < 1.29 is 34.4 Å². The molecule has 2 amide bonds. The topological polar surface area (TPSA) is 145 Å². The van der Waals surface area contributed by atoms with E-state index in [1.165, 1.54) is 24.3 Å². The summed E-state index contributed by atoms with van der Waals surface area (Å²) in [7, 11) is 3.85. The van der Waals surface area contributed by atoms with Crippen molar-refractivity contribution >= 4 is 39.4 Å². The molecule has 0 aromatic heterocycles. The summed E-state index contributed by atoms with van der Waals surface area (Å²) >= 11 is 0. The van der Waals surface area contributed by atoms with E-state index in [1.54, 1.807) is 19.1 Å². The first-order chi connectivity index (χ1) is 19.6. The van der Waals surface area contributed by atoms with E-state index in [1.807, 2.05) is 63.1 Å². The molecular formula is C30H52N2O7S2. The molecule has 1 aromatic carbocycles. The predicted octanol–water partition coefficient (Wildman–Crippen LogP) is 4.93. The predicted molar refractivity (Wildman–Crippen MR) is 169 cm³/mol. The van der Waals surface area contributed by atoms with Crippen LogP contribution < -0.4 is 10.6 Å². The van der Waals surface area contributed by atoms with Crippen LogP contribution in [0, 0.1) is 11.3 Å². The van der Waals surface area contributed by atoms with E-state index in [0.29, 0.717) is 11.7 Å². The number of aromatic hydroxyl groups is 1. The fourth-order valence-electron chi connectivity index (χ4n) is 3.89. The zero-order valence-electron chi connectivity index (χ0n) is 25.8. The second-order valence-electron chi connectivity index (χ2n) is 10.0. The van der Waals surface area contributed by atoms with Gasteiger partial charge >= 0.3 is 5.97 Å². The molecule has 0 radical (unpaired) electrons. The van der Waals surface area contributed by atoms with Crippen molar-refractivity contribution in [3.63, 3.8) is 0 Å². The summed E-state index contributed by atoms with van der Waals surface area (Å²) in [5, 5.41) is 35.0. The van der Waals surface area contributed by atoms with Crippen LogP contribution in [0.25, 0.3) is 0 Å². The fraction of sp³-hybridized carbons (Fsp3) is 0.700. The summed E-state index contributed by atoms with van der Waals surface area (Å²) in [6, 6.07) is 4.79. The fourth-order valence-corrected chi connectivity index (χ4v) is 6.92. The van der Waals surface area contributed by atoms with E-state index in [0.717, 1.165) is 19.3 Å². The Hall–Kier alpha value is -1.95. The molecule has 0 bridgehead atoms. The molecule has 5 N–H and O–H groups in total. The van der Waals surface area contributed by atoms with Crippen LogP contribution in [-0.2, 0) is 14.3 Å². The minimum absolute atomic E-state index is 0.00549. The van der Waals surface area contributed by atoms with Crippen LogP contribution >= 0.6 is 21.6 Å². The van der Waals surface area contributed by atoms with Gasteiger partial charge in [-0.2, -0.15) is 0 Å². The highest BCUT2D eigenvalue weighted by Crippen LogP contribution is 2.40. The minimum Gasteiger partial charge on any atom is -0.507 e. The standard InChI is InChI=1S/C26H40N2O7S2.2C2H6/c1-17(26(2,3)16-27-22(32)11-7-4-8-19-12-13-36-37-19)23(25(34)35-18(14-29)15-30)28-24(33)20-9-5-6-10-21(20)31;2*1-2/h5-6,9-10,17-19,23,29-31H,4,7-8,11-16H2,1-3H3,(H,27,32)(H,28,33);2*1-2H3. The maximum atomic E-state index is 13.0. The maximum Gasteiger partial charge on any atom is 0.329 e. The smallest absolute Gasteiger partial charge is 0.329 e. The van der Waals surface area contributed by atoms with Gasteiger partial charge in [0, 0.05) is 24.0 Å². The number of esters is 1. The van der Waals surface area contributed by atoms with Gasteiger partial charge < -0.3 is 30.7 Å². The molecule has 2 rings (SSSR count). The van der Waals surface area contributed by atoms with Crippen molar-refractivity contribution in [2.24, 2.45) is 11.3 Å². The molecule has 0 saturated carbocycles. The number of benzene rings is 1. The van der Waals surface area contributed by atoms with Gasteiger partial charge in [0.15, 0.2) is 0 Å². The van der Waals surface area contributed by atoms with E-state index < -0.39 is 48.6 Å². The Bertz CT molecular complexity index is 891. The number of ether oxygens (including phenoxy) is 1. The lowest BCUT2D eigenvalue weighted by Gasteiger charge is -2.37. The summed E-state index contributed by atoms with van der Waals surface area (Å²) in [5.41, 5.74) is -0.647.